The fourth-order valence-corrected chi connectivity index (χ4v) is 1.55. The highest BCUT2D eigenvalue weighted by Gasteiger charge is 2.07. The standard InChI is InChI=1S/C14H10ClFO3/c15-12-3-1-2-4-13(12)18-9-14(17)19-11-7-5-10(16)6-8-11/h1-8H,9H2. The first kappa shape index (κ1) is 13.4. The summed E-state index contributed by atoms with van der Waals surface area (Å²) < 4.78 is 22.8. The van der Waals surface area contributed by atoms with E-state index >= 15 is 0 Å². The fraction of sp³-hybridized carbons (Fsp3) is 0.0714. The van der Waals surface area contributed by atoms with Crippen LogP contribution in [0.3, 0.4) is 0 Å². The third kappa shape index (κ3) is 3.96. The van der Waals surface area contributed by atoms with Crippen LogP contribution < -0.4 is 9.47 Å². The Morgan fingerprint density at radius 3 is 2.47 bits per heavy atom. The summed E-state index contributed by atoms with van der Waals surface area (Å²) in [5.74, 6) is -0.326. The maximum Gasteiger partial charge on any atom is 0.349 e. The van der Waals surface area contributed by atoms with Crippen LogP contribution in [0.4, 0.5) is 4.39 Å². The van der Waals surface area contributed by atoms with Gasteiger partial charge in [-0.2, -0.15) is 0 Å². The van der Waals surface area contributed by atoms with E-state index in [1.807, 2.05) is 0 Å². The first-order chi connectivity index (χ1) is 9.15. The highest BCUT2D eigenvalue weighted by molar-refractivity contribution is 6.32. The summed E-state index contributed by atoms with van der Waals surface area (Å²) in [6.07, 6.45) is 0. The van der Waals surface area contributed by atoms with Crippen LogP contribution in [0.5, 0.6) is 11.5 Å². The van der Waals surface area contributed by atoms with Gasteiger partial charge in [0.15, 0.2) is 6.61 Å². The van der Waals surface area contributed by atoms with Gasteiger partial charge in [-0.3, -0.25) is 0 Å². The van der Waals surface area contributed by atoms with Gasteiger partial charge in [0.05, 0.1) is 5.02 Å². The highest BCUT2D eigenvalue weighted by atomic mass is 35.5. The predicted molar refractivity (Wildman–Crippen MR) is 69.0 cm³/mol. The molecule has 0 aliphatic carbocycles. The lowest BCUT2D eigenvalue weighted by molar-refractivity contribution is -0.136. The number of hydrogen-bond acceptors (Lipinski definition) is 3. The van der Waals surface area contributed by atoms with Gasteiger partial charge in [-0.1, -0.05) is 23.7 Å². The van der Waals surface area contributed by atoms with Crippen LogP contribution >= 0.6 is 11.6 Å². The predicted octanol–water partition coefficient (Wildman–Crippen LogP) is 3.46. The average Bonchev–Trinajstić information content (AvgIpc) is 2.40. The van der Waals surface area contributed by atoms with E-state index in [2.05, 4.69) is 0 Å². The van der Waals surface area contributed by atoms with Gasteiger partial charge >= 0.3 is 5.97 Å². The van der Waals surface area contributed by atoms with Crippen LogP contribution in [0.1, 0.15) is 0 Å². The maximum absolute atomic E-state index is 12.7. The van der Waals surface area contributed by atoms with E-state index in [0.717, 1.165) is 0 Å². The number of ether oxygens (including phenoxy) is 2. The molecule has 0 unspecified atom stereocenters. The Morgan fingerprint density at radius 2 is 1.79 bits per heavy atom. The summed E-state index contributed by atoms with van der Waals surface area (Å²) >= 11 is 5.87. The van der Waals surface area contributed by atoms with Gasteiger partial charge in [0, 0.05) is 0 Å². The van der Waals surface area contributed by atoms with Crippen molar-refractivity contribution in [2.75, 3.05) is 6.61 Å². The van der Waals surface area contributed by atoms with Crippen molar-refractivity contribution < 1.29 is 18.7 Å². The smallest absolute Gasteiger partial charge is 0.349 e. The second-order valence-corrected chi connectivity index (χ2v) is 4.05. The lowest BCUT2D eigenvalue weighted by atomic mass is 10.3. The summed E-state index contributed by atoms with van der Waals surface area (Å²) in [4.78, 5) is 11.5. The third-order valence-electron chi connectivity index (χ3n) is 2.23. The molecular formula is C14H10ClFO3. The van der Waals surface area contributed by atoms with E-state index in [4.69, 9.17) is 21.1 Å². The highest BCUT2D eigenvalue weighted by Crippen LogP contribution is 2.23. The molecule has 5 heteroatoms. The van der Waals surface area contributed by atoms with Crippen LogP contribution in [-0.2, 0) is 4.79 Å². The van der Waals surface area contributed by atoms with Crippen molar-refractivity contribution >= 4 is 17.6 Å². The molecule has 0 N–H and O–H groups in total. The average molecular weight is 281 g/mol. The number of esters is 1. The van der Waals surface area contributed by atoms with Crippen molar-refractivity contribution in [3.05, 3.63) is 59.4 Å². The molecule has 0 saturated carbocycles. The molecule has 0 fully saturated rings. The largest absolute Gasteiger partial charge is 0.480 e. The van der Waals surface area contributed by atoms with E-state index in [1.54, 1.807) is 24.3 Å². The normalized spacial score (nSPS) is 10.0. The van der Waals surface area contributed by atoms with Crippen LogP contribution in [-0.4, -0.2) is 12.6 Å². The molecule has 98 valence electrons. The molecule has 2 rings (SSSR count). The molecule has 0 bridgehead atoms. The van der Waals surface area contributed by atoms with Gasteiger partial charge in [0.2, 0.25) is 0 Å². The summed E-state index contributed by atoms with van der Waals surface area (Å²) in [6, 6.07) is 11.9. The van der Waals surface area contributed by atoms with Crippen LogP contribution in [0.25, 0.3) is 0 Å². The molecule has 0 amide bonds. The zero-order valence-corrected chi connectivity index (χ0v) is 10.6. The maximum atomic E-state index is 12.7. The number of para-hydroxylation sites is 1. The minimum absolute atomic E-state index is 0.258. The van der Waals surface area contributed by atoms with E-state index in [-0.39, 0.29) is 12.4 Å². The molecular weight excluding hydrogens is 271 g/mol. The Morgan fingerprint density at radius 1 is 1.11 bits per heavy atom. The van der Waals surface area contributed by atoms with Crippen LogP contribution in [0.2, 0.25) is 5.02 Å². The summed E-state index contributed by atoms with van der Waals surface area (Å²) in [6.45, 7) is -0.277. The Hall–Kier alpha value is -2.07. The molecule has 19 heavy (non-hydrogen) atoms. The lowest BCUT2D eigenvalue weighted by Crippen LogP contribution is -2.17. The topological polar surface area (TPSA) is 35.5 Å². The first-order valence-electron chi connectivity index (χ1n) is 5.49. The van der Waals surface area contributed by atoms with E-state index in [0.29, 0.717) is 10.8 Å². The Bertz CT molecular complexity index is 569. The van der Waals surface area contributed by atoms with Crippen molar-refractivity contribution in [2.45, 2.75) is 0 Å². The molecule has 2 aromatic carbocycles. The number of hydrogen-bond donors (Lipinski definition) is 0. The monoisotopic (exact) mass is 280 g/mol. The summed E-state index contributed by atoms with van der Waals surface area (Å²) in [7, 11) is 0. The number of carbonyl (C=O) groups excluding carboxylic acids is 1. The number of benzene rings is 2. The molecule has 3 nitrogen and oxygen atoms in total. The molecule has 0 spiro atoms. The minimum atomic E-state index is -0.591. The van der Waals surface area contributed by atoms with Crippen molar-refractivity contribution in [3.63, 3.8) is 0 Å². The molecule has 0 aliphatic heterocycles. The van der Waals surface area contributed by atoms with Gasteiger partial charge < -0.3 is 9.47 Å². The summed E-state index contributed by atoms with van der Waals surface area (Å²) in [5, 5.41) is 0.414. The molecule has 0 aromatic heterocycles. The Balaban J connectivity index is 1.88. The number of halogens is 2. The minimum Gasteiger partial charge on any atom is -0.480 e. The first-order valence-corrected chi connectivity index (χ1v) is 5.86. The second kappa shape index (κ2) is 6.20. The zero-order valence-electron chi connectivity index (χ0n) is 9.81. The van der Waals surface area contributed by atoms with Gasteiger partial charge in [0.1, 0.15) is 17.3 Å². The Labute approximate surface area is 114 Å². The fourth-order valence-electron chi connectivity index (χ4n) is 1.36. The SMILES string of the molecule is O=C(COc1ccccc1Cl)Oc1ccc(F)cc1. The van der Waals surface area contributed by atoms with Crippen molar-refractivity contribution in [2.24, 2.45) is 0 Å². The van der Waals surface area contributed by atoms with Gasteiger partial charge in [-0.05, 0) is 36.4 Å². The third-order valence-corrected chi connectivity index (χ3v) is 2.54. The van der Waals surface area contributed by atoms with Gasteiger partial charge in [0.25, 0.3) is 0 Å². The molecule has 0 atom stereocenters. The molecule has 0 heterocycles. The number of carbonyl (C=O) groups is 1. The van der Waals surface area contributed by atoms with Crippen molar-refractivity contribution in [1.82, 2.24) is 0 Å². The number of rotatable bonds is 4. The van der Waals surface area contributed by atoms with Crippen LogP contribution in [0.15, 0.2) is 48.5 Å². The molecule has 0 aliphatic rings. The van der Waals surface area contributed by atoms with E-state index in [9.17, 15) is 9.18 Å². The quantitative estimate of drug-likeness (QED) is 0.635. The van der Waals surface area contributed by atoms with Crippen LogP contribution in [0, 0.1) is 5.82 Å². The molecule has 0 saturated heterocycles. The van der Waals surface area contributed by atoms with Gasteiger partial charge in [-0.25, -0.2) is 9.18 Å². The summed E-state index contributed by atoms with van der Waals surface area (Å²) in [5.41, 5.74) is 0. The lowest BCUT2D eigenvalue weighted by Gasteiger charge is -2.07. The van der Waals surface area contributed by atoms with E-state index < -0.39 is 11.8 Å². The van der Waals surface area contributed by atoms with Crippen molar-refractivity contribution in [3.8, 4) is 11.5 Å². The second-order valence-electron chi connectivity index (χ2n) is 3.65. The zero-order chi connectivity index (χ0) is 13.7. The Kier molecular flexibility index (Phi) is 4.36. The molecule has 0 radical (unpaired) electrons. The van der Waals surface area contributed by atoms with Crippen molar-refractivity contribution in [1.29, 1.82) is 0 Å². The van der Waals surface area contributed by atoms with E-state index in [1.165, 1.54) is 24.3 Å². The molecule has 2 aromatic rings. The van der Waals surface area contributed by atoms with Gasteiger partial charge in [-0.15, -0.1) is 0 Å².